The number of pyridine rings is 1. The van der Waals surface area contributed by atoms with Gasteiger partial charge in [-0.15, -0.1) is 0 Å². The number of aromatic nitrogens is 1. The van der Waals surface area contributed by atoms with Crippen molar-refractivity contribution in [2.45, 2.75) is 45.0 Å². The van der Waals surface area contributed by atoms with Crippen LogP contribution in [0.5, 0.6) is 5.88 Å². The van der Waals surface area contributed by atoms with Gasteiger partial charge in [-0.25, -0.2) is 4.98 Å². The smallest absolute Gasteiger partial charge is 0.213 e. The molecule has 110 valence electrons. The fourth-order valence-corrected chi connectivity index (χ4v) is 2.65. The maximum atomic E-state index is 5.96. The molecule has 0 spiro atoms. The molecule has 0 amide bonds. The van der Waals surface area contributed by atoms with Crippen LogP contribution in [0, 0.1) is 0 Å². The highest BCUT2D eigenvalue weighted by molar-refractivity contribution is 5.21. The van der Waals surface area contributed by atoms with Gasteiger partial charge in [0, 0.05) is 12.3 Å². The van der Waals surface area contributed by atoms with Crippen molar-refractivity contribution in [1.82, 2.24) is 4.98 Å². The Bertz CT molecular complexity index is 553. The van der Waals surface area contributed by atoms with Crippen LogP contribution in [0.4, 0.5) is 0 Å². The molecule has 0 aliphatic carbocycles. The first-order valence-corrected chi connectivity index (χ1v) is 7.59. The molecule has 21 heavy (non-hydrogen) atoms. The summed E-state index contributed by atoms with van der Waals surface area (Å²) in [5.74, 6) is 0.659. The van der Waals surface area contributed by atoms with Crippen molar-refractivity contribution in [3.8, 4) is 5.88 Å². The van der Waals surface area contributed by atoms with E-state index in [0.717, 1.165) is 24.0 Å². The molecule has 0 radical (unpaired) electrons. The molecule has 1 aliphatic heterocycles. The Balaban J connectivity index is 1.59. The SMILES string of the molecule is C[C@@H]1CCC[C@H](c2ccc(OCc3ccccc3)nc2)O1. The zero-order valence-electron chi connectivity index (χ0n) is 12.4. The normalized spacial score (nSPS) is 22.0. The van der Waals surface area contributed by atoms with E-state index in [1.807, 2.05) is 42.6 Å². The summed E-state index contributed by atoms with van der Waals surface area (Å²) in [6.07, 6.45) is 5.86. The van der Waals surface area contributed by atoms with E-state index in [1.165, 1.54) is 6.42 Å². The quantitative estimate of drug-likeness (QED) is 0.838. The van der Waals surface area contributed by atoms with Crippen LogP contribution in [0.25, 0.3) is 0 Å². The van der Waals surface area contributed by atoms with Gasteiger partial charge in [0.1, 0.15) is 6.61 Å². The Hall–Kier alpha value is -1.87. The lowest BCUT2D eigenvalue weighted by atomic mass is 10.0. The van der Waals surface area contributed by atoms with E-state index in [1.54, 1.807) is 0 Å². The van der Waals surface area contributed by atoms with Gasteiger partial charge < -0.3 is 9.47 Å². The summed E-state index contributed by atoms with van der Waals surface area (Å²) < 4.78 is 11.7. The standard InChI is InChI=1S/C18H21NO2/c1-14-6-5-9-17(21-14)16-10-11-18(19-12-16)20-13-15-7-3-2-4-8-15/h2-4,7-8,10-12,14,17H,5-6,9,13H2,1H3/t14-,17-/m1/s1. The molecule has 3 heteroatoms. The van der Waals surface area contributed by atoms with E-state index in [0.29, 0.717) is 18.6 Å². The number of rotatable bonds is 4. The lowest BCUT2D eigenvalue weighted by molar-refractivity contribution is -0.0416. The third kappa shape index (κ3) is 3.82. The van der Waals surface area contributed by atoms with E-state index in [9.17, 15) is 0 Å². The van der Waals surface area contributed by atoms with Crippen molar-refractivity contribution in [1.29, 1.82) is 0 Å². The van der Waals surface area contributed by atoms with Gasteiger partial charge in [0.05, 0.1) is 12.2 Å². The summed E-state index contributed by atoms with van der Waals surface area (Å²) in [4.78, 5) is 4.39. The molecule has 0 bridgehead atoms. The van der Waals surface area contributed by atoms with Crippen molar-refractivity contribution < 1.29 is 9.47 Å². The maximum absolute atomic E-state index is 5.96. The average Bonchev–Trinajstić information content (AvgIpc) is 2.54. The fourth-order valence-electron chi connectivity index (χ4n) is 2.65. The van der Waals surface area contributed by atoms with Gasteiger partial charge in [-0.2, -0.15) is 0 Å². The molecule has 0 unspecified atom stereocenters. The third-order valence-electron chi connectivity index (χ3n) is 3.83. The van der Waals surface area contributed by atoms with Crippen LogP contribution in [0.3, 0.4) is 0 Å². The minimum atomic E-state index is 0.185. The van der Waals surface area contributed by atoms with Crippen LogP contribution in [0.1, 0.15) is 43.4 Å². The number of hydrogen-bond donors (Lipinski definition) is 0. The number of nitrogens with zero attached hydrogens (tertiary/aromatic N) is 1. The Labute approximate surface area is 125 Å². The molecule has 0 saturated carbocycles. The van der Waals surface area contributed by atoms with Crippen molar-refractivity contribution >= 4 is 0 Å². The maximum Gasteiger partial charge on any atom is 0.213 e. The van der Waals surface area contributed by atoms with E-state index in [4.69, 9.17) is 9.47 Å². The van der Waals surface area contributed by atoms with Gasteiger partial charge in [0.25, 0.3) is 0 Å². The molecule has 2 heterocycles. The molecule has 1 aromatic carbocycles. The molecular formula is C18H21NO2. The summed E-state index contributed by atoms with van der Waals surface area (Å²) in [6.45, 7) is 2.68. The van der Waals surface area contributed by atoms with Crippen molar-refractivity contribution in [2.24, 2.45) is 0 Å². The number of benzene rings is 1. The summed E-state index contributed by atoms with van der Waals surface area (Å²) in [5, 5.41) is 0. The second kappa shape index (κ2) is 6.72. The Morgan fingerprint density at radius 1 is 1.14 bits per heavy atom. The molecule has 1 saturated heterocycles. The van der Waals surface area contributed by atoms with Crippen LogP contribution in [-0.4, -0.2) is 11.1 Å². The van der Waals surface area contributed by atoms with E-state index < -0.39 is 0 Å². The summed E-state index contributed by atoms with van der Waals surface area (Å²) >= 11 is 0. The highest BCUT2D eigenvalue weighted by atomic mass is 16.5. The third-order valence-corrected chi connectivity index (χ3v) is 3.83. The molecule has 1 aromatic heterocycles. The fraction of sp³-hybridized carbons (Fsp3) is 0.389. The van der Waals surface area contributed by atoms with Crippen molar-refractivity contribution in [2.75, 3.05) is 0 Å². The predicted molar refractivity (Wildman–Crippen MR) is 82.2 cm³/mol. The van der Waals surface area contributed by atoms with Crippen LogP contribution >= 0.6 is 0 Å². The van der Waals surface area contributed by atoms with Gasteiger partial charge in [-0.3, -0.25) is 0 Å². The summed E-state index contributed by atoms with van der Waals surface area (Å²) in [6, 6.07) is 14.1. The molecule has 0 N–H and O–H groups in total. The first kappa shape index (κ1) is 14.1. The zero-order valence-corrected chi connectivity index (χ0v) is 12.4. The van der Waals surface area contributed by atoms with Crippen LogP contribution in [0.15, 0.2) is 48.7 Å². The molecule has 3 nitrogen and oxygen atoms in total. The number of ether oxygens (including phenoxy) is 2. The van der Waals surface area contributed by atoms with Gasteiger partial charge in [0.2, 0.25) is 5.88 Å². The second-order valence-corrected chi connectivity index (χ2v) is 5.57. The van der Waals surface area contributed by atoms with Crippen molar-refractivity contribution in [3.63, 3.8) is 0 Å². The van der Waals surface area contributed by atoms with E-state index in [2.05, 4.69) is 18.0 Å². The lowest BCUT2D eigenvalue weighted by Crippen LogP contribution is -2.19. The van der Waals surface area contributed by atoms with Crippen molar-refractivity contribution in [3.05, 3.63) is 59.8 Å². The first-order chi connectivity index (χ1) is 10.3. The molecule has 1 fully saturated rings. The van der Waals surface area contributed by atoms with Crippen LogP contribution in [-0.2, 0) is 11.3 Å². The minimum absolute atomic E-state index is 0.185. The van der Waals surface area contributed by atoms with Crippen LogP contribution < -0.4 is 4.74 Å². The summed E-state index contributed by atoms with van der Waals surface area (Å²) in [5.41, 5.74) is 2.29. The van der Waals surface area contributed by atoms with E-state index in [-0.39, 0.29) is 6.10 Å². The molecule has 3 rings (SSSR count). The van der Waals surface area contributed by atoms with E-state index >= 15 is 0 Å². The highest BCUT2D eigenvalue weighted by Crippen LogP contribution is 2.31. The number of hydrogen-bond acceptors (Lipinski definition) is 3. The minimum Gasteiger partial charge on any atom is -0.473 e. The topological polar surface area (TPSA) is 31.4 Å². The second-order valence-electron chi connectivity index (χ2n) is 5.57. The Morgan fingerprint density at radius 2 is 2.00 bits per heavy atom. The first-order valence-electron chi connectivity index (χ1n) is 7.59. The largest absolute Gasteiger partial charge is 0.473 e. The van der Waals surface area contributed by atoms with Gasteiger partial charge in [-0.05, 0) is 43.4 Å². The molecule has 2 aromatic rings. The average molecular weight is 283 g/mol. The predicted octanol–water partition coefficient (Wildman–Crippen LogP) is 4.29. The molecular weight excluding hydrogens is 262 g/mol. The van der Waals surface area contributed by atoms with Crippen LogP contribution in [0.2, 0.25) is 0 Å². The van der Waals surface area contributed by atoms with Gasteiger partial charge >= 0.3 is 0 Å². The monoisotopic (exact) mass is 283 g/mol. The van der Waals surface area contributed by atoms with Gasteiger partial charge in [-0.1, -0.05) is 30.3 Å². The molecule has 1 aliphatic rings. The zero-order chi connectivity index (χ0) is 14.5. The highest BCUT2D eigenvalue weighted by Gasteiger charge is 2.20. The Kier molecular flexibility index (Phi) is 4.51. The lowest BCUT2D eigenvalue weighted by Gasteiger charge is -2.27. The summed E-state index contributed by atoms with van der Waals surface area (Å²) in [7, 11) is 0. The van der Waals surface area contributed by atoms with Gasteiger partial charge in [0.15, 0.2) is 0 Å². The molecule has 2 atom stereocenters. The Morgan fingerprint density at radius 3 is 2.71 bits per heavy atom.